The average Bonchev–Trinajstić information content (AvgIpc) is 0.933. The highest BCUT2D eigenvalue weighted by Crippen LogP contribution is 2.45. The first-order valence-corrected chi connectivity index (χ1v) is 45.2. The van der Waals surface area contributed by atoms with Gasteiger partial charge in [0.2, 0.25) is 0 Å². The summed E-state index contributed by atoms with van der Waals surface area (Å²) in [6.07, 6.45) is 64.9. The van der Waals surface area contributed by atoms with Crippen LogP contribution in [0.2, 0.25) is 0 Å². The molecule has 0 amide bonds. The molecular formula is C81H158O17P2. The summed E-state index contributed by atoms with van der Waals surface area (Å²) in [5.74, 6) is -1.26. The van der Waals surface area contributed by atoms with Gasteiger partial charge in [-0.3, -0.25) is 37.3 Å². The van der Waals surface area contributed by atoms with E-state index in [1.807, 2.05) is 0 Å². The Morgan fingerprint density at radius 1 is 0.280 bits per heavy atom. The van der Waals surface area contributed by atoms with Crippen LogP contribution in [0.25, 0.3) is 0 Å². The van der Waals surface area contributed by atoms with Crippen LogP contribution in [-0.2, 0) is 65.4 Å². The Balaban J connectivity index is 5.26. The molecule has 0 aromatic carbocycles. The van der Waals surface area contributed by atoms with E-state index < -0.39 is 97.5 Å². The van der Waals surface area contributed by atoms with Crippen molar-refractivity contribution in [3.05, 3.63) is 0 Å². The number of ether oxygens (including phenoxy) is 4. The standard InChI is InChI=1S/C81H158O17P2/c1-6-10-13-16-19-22-25-28-30-35-40-45-50-55-60-65-79(84)92-71-77(98-81(86)67-62-57-52-47-42-37-33-32-34-38-43-48-53-58-63-74(5)9-4)73-96-100(89,90)94-69-75(82)68-93-99(87,88)95-72-76(70-91-78(83)64-59-54-49-44-39-27-24-21-18-15-12-8-3)97-80(85)66-61-56-51-46-41-36-31-29-26-23-20-17-14-11-7-2/h74-77,82H,6-73H2,1-5H3,(H,87,88)(H,89,90)/t74?,75-,76+,77+/m0/s1. The molecule has 0 saturated carbocycles. The Morgan fingerprint density at radius 3 is 0.710 bits per heavy atom. The number of esters is 4. The number of phosphoric acid groups is 2. The van der Waals surface area contributed by atoms with Gasteiger partial charge in [0.05, 0.1) is 26.4 Å². The Morgan fingerprint density at radius 2 is 0.480 bits per heavy atom. The summed E-state index contributed by atoms with van der Waals surface area (Å²) in [5, 5.41) is 10.6. The molecule has 0 aliphatic heterocycles. The van der Waals surface area contributed by atoms with Crippen molar-refractivity contribution in [1.82, 2.24) is 0 Å². The highest BCUT2D eigenvalue weighted by Gasteiger charge is 2.30. The van der Waals surface area contributed by atoms with Crippen molar-refractivity contribution in [3.8, 4) is 0 Å². The molecule has 19 heteroatoms. The third-order valence-corrected chi connectivity index (χ3v) is 21.3. The van der Waals surface area contributed by atoms with Crippen LogP contribution in [0.3, 0.4) is 0 Å². The van der Waals surface area contributed by atoms with Gasteiger partial charge in [-0.25, -0.2) is 9.13 Å². The normalized spacial score (nSPS) is 14.1. The Labute approximate surface area is 613 Å². The molecule has 100 heavy (non-hydrogen) atoms. The third-order valence-electron chi connectivity index (χ3n) is 19.4. The zero-order valence-corrected chi connectivity index (χ0v) is 67.1. The molecule has 594 valence electrons. The number of phosphoric ester groups is 2. The van der Waals surface area contributed by atoms with Crippen LogP contribution >= 0.6 is 15.6 Å². The van der Waals surface area contributed by atoms with Crippen molar-refractivity contribution in [2.45, 2.75) is 451 Å². The zero-order chi connectivity index (χ0) is 73.4. The Bertz CT molecular complexity index is 1910. The fourth-order valence-electron chi connectivity index (χ4n) is 12.6. The lowest BCUT2D eigenvalue weighted by Crippen LogP contribution is -2.30. The lowest BCUT2D eigenvalue weighted by atomic mass is 9.99. The van der Waals surface area contributed by atoms with E-state index >= 15 is 0 Å². The average molecular weight is 1470 g/mol. The molecule has 0 bridgehead atoms. The smallest absolute Gasteiger partial charge is 0.462 e. The molecule has 0 aliphatic rings. The molecule has 0 aliphatic carbocycles. The quantitative estimate of drug-likeness (QED) is 0.0222. The maximum Gasteiger partial charge on any atom is 0.472 e. The lowest BCUT2D eigenvalue weighted by Gasteiger charge is -2.21. The van der Waals surface area contributed by atoms with Crippen LogP contribution < -0.4 is 0 Å². The van der Waals surface area contributed by atoms with Gasteiger partial charge in [0.1, 0.15) is 19.3 Å². The van der Waals surface area contributed by atoms with E-state index in [0.29, 0.717) is 25.7 Å². The highest BCUT2D eigenvalue weighted by atomic mass is 31.2. The maximum absolute atomic E-state index is 13.1. The number of carbonyl (C=O) groups is 4. The fourth-order valence-corrected chi connectivity index (χ4v) is 14.1. The first kappa shape index (κ1) is 98.1. The molecule has 0 heterocycles. The summed E-state index contributed by atoms with van der Waals surface area (Å²) in [6, 6.07) is 0. The van der Waals surface area contributed by atoms with Crippen LogP contribution in [0.5, 0.6) is 0 Å². The van der Waals surface area contributed by atoms with Crippen molar-refractivity contribution >= 4 is 39.5 Å². The zero-order valence-electron chi connectivity index (χ0n) is 65.3. The fraction of sp³-hybridized carbons (Fsp3) is 0.951. The van der Waals surface area contributed by atoms with Crippen molar-refractivity contribution in [3.63, 3.8) is 0 Å². The van der Waals surface area contributed by atoms with Gasteiger partial charge in [0.25, 0.3) is 0 Å². The molecule has 0 rings (SSSR count). The molecule has 17 nitrogen and oxygen atoms in total. The summed E-state index contributed by atoms with van der Waals surface area (Å²) in [5.41, 5.74) is 0. The number of hydrogen-bond donors (Lipinski definition) is 3. The second-order valence-corrected chi connectivity index (χ2v) is 32.3. The lowest BCUT2D eigenvalue weighted by molar-refractivity contribution is -0.161. The summed E-state index contributed by atoms with van der Waals surface area (Å²) >= 11 is 0. The predicted octanol–water partition coefficient (Wildman–Crippen LogP) is 24.4. The minimum absolute atomic E-state index is 0.109. The van der Waals surface area contributed by atoms with E-state index in [2.05, 4.69) is 34.6 Å². The van der Waals surface area contributed by atoms with E-state index in [1.165, 1.54) is 257 Å². The van der Waals surface area contributed by atoms with Crippen molar-refractivity contribution in [2.24, 2.45) is 5.92 Å². The molecule has 0 radical (unpaired) electrons. The number of carbonyl (C=O) groups excluding carboxylic acids is 4. The molecule has 3 unspecified atom stereocenters. The second-order valence-electron chi connectivity index (χ2n) is 29.4. The topological polar surface area (TPSA) is 237 Å². The minimum Gasteiger partial charge on any atom is -0.462 e. The Kier molecular flexibility index (Phi) is 72.5. The summed E-state index contributed by atoms with van der Waals surface area (Å²) < 4.78 is 68.8. The number of rotatable bonds is 81. The molecule has 0 saturated heterocycles. The van der Waals surface area contributed by atoms with Gasteiger partial charge in [-0.15, -0.1) is 0 Å². The molecule has 0 spiro atoms. The largest absolute Gasteiger partial charge is 0.472 e. The molecule has 6 atom stereocenters. The molecule has 0 aromatic rings. The van der Waals surface area contributed by atoms with Crippen molar-refractivity contribution < 1.29 is 80.2 Å². The molecule has 0 fully saturated rings. The van der Waals surface area contributed by atoms with Crippen LogP contribution in [0.4, 0.5) is 0 Å². The number of unbranched alkanes of at least 4 members (excludes halogenated alkanes) is 52. The van der Waals surface area contributed by atoms with Crippen LogP contribution in [0.15, 0.2) is 0 Å². The molecular weight excluding hydrogens is 1310 g/mol. The predicted molar refractivity (Wildman–Crippen MR) is 409 cm³/mol. The van der Waals surface area contributed by atoms with Gasteiger partial charge in [-0.2, -0.15) is 0 Å². The van der Waals surface area contributed by atoms with Gasteiger partial charge in [0, 0.05) is 25.7 Å². The van der Waals surface area contributed by atoms with Crippen LogP contribution in [-0.4, -0.2) is 96.7 Å². The van der Waals surface area contributed by atoms with Crippen LogP contribution in [0.1, 0.15) is 433 Å². The van der Waals surface area contributed by atoms with E-state index in [-0.39, 0.29) is 25.7 Å². The summed E-state index contributed by atoms with van der Waals surface area (Å²) in [4.78, 5) is 73.1. The van der Waals surface area contributed by atoms with Crippen LogP contribution in [0, 0.1) is 5.92 Å². The number of hydrogen-bond acceptors (Lipinski definition) is 15. The number of aliphatic hydroxyl groups is 1. The minimum atomic E-state index is -4.96. The van der Waals surface area contributed by atoms with Gasteiger partial charge in [-0.05, 0) is 31.6 Å². The second kappa shape index (κ2) is 73.9. The van der Waals surface area contributed by atoms with E-state index in [4.69, 9.17) is 37.0 Å². The SMILES string of the molecule is CCCCCCCCCCCCCCCCCC(=O)OC[C@H](COP(=O)(O)OC[C@@H](O)COP(=O)(O)OC[C@@H](COC(=O)CCCCCCCCCCCCCC)OC(=O)CCCCCCCCCCCCCCCCC)OC(=O)CCCCCCCCCCCCCCCCC(C)CC. The van der Waals surface area contributed by atoms with Gasteiger partial charge in [0.15, 0.2) is 12.2 Å². The van der Waals surface area contributed by atoms with Crippen molar-refractivity contribution in [1.29, 1.82) is 0 Å². The van der Waals surface area contributed by atoms with Gasteiger partial charge >= 0.3 is 39.5 Å². The number of aliphatic hydroxyl groups excluding tert-OH is 1. The highest BCUT2D eigenvalue weighted by molar-refractivity contribution is 7.47. The van der Waals surface area contributed by atoms with Gasteiger partial charge < -0.3 is 33.8 Å². The first-order chi connectivity index (χ1) is 48.6. The maximum atomic E-state index is 13.1. The van der Waals surface area contributed by atoms with E-state index in [9.17, 15) is 43.2 Å². The summed E-state index contributed by atoms with van der Waals surface area (Å²) in [6.45, 7) is 7.40. The van der Waals surface area contributed by atoms with E-state index in [1.54, 1.807) is 0 Å². The molecule has 3 N–H and O–H groups in total. The molecule has 0 aromatic heterocycles. The van der Waals surface area contributed by atoms with Crippen molar-refractivity contribution in [2.75, 3.05) is 39.6 Å². The first-order valence-electron chi connectivity index (χ1n) is 42.2. The summed E-state index contributed by atoms with van der Waals surface area (Å²) in [7, 11) is -9.92. The third kappa shape index (κ3) is 73.0. The Hall–Kier alpha value is -1.94. The van der Waals surface area contributed by atoms with Gasteiger partial charge in [-0.1, -0.05) is 381 Å². The monoisotopic (exact) mass is 1470 g/mol. The van der Waals surface area contributed by atoms with E-state index in [0.717, 1.165) is 95.8 Å².